The molecular weight excluding hydrogens is 260 g/mol. The van der Waals surface area contributed by atoms with Crippen LogP contribution in [0.2, 0.25) is 0 Å². The van der Waals surface area contributed by atoms with Crippen molar-refractivity contribution in [2.75, 3.05) is 20.3 Å². The lowest BCUT2D eigenvalue weighted by atomic mass is 9.77. The molecule has 0 spiro atoms. The van der Waals surface area contributed by atoms with Crippen LogP contribution in [-0.4, -0.2) is 48.8 Å². The Kier molecular flexibility index (Phi) is 6.42. The lowest BCUT2D eigenvalue weighted by molar-refractivity contribution is -0.144. The number of amides is 1. The van der Waals surface area contributed by atoms with Gasteiger partial charge in [0.2, 0.25) is 5.91 Å². The van der Waals surface area contributed by atoms with E-state index < -0.39 is 12.0 Å². The van der Waals surface area contributed by atoms with E-state index in [2.05, 4.69) is 22.3 Å². The van der Waals surface area contributed by atoms with Crippen LogP contribution < -0.4 is 10.6 Å². The van der Waals surface area contributed by atoms with Gasteiger partial charge in [0.25, 0.3) is 0 Å². The Balaban J connectivity index is 2.59. The zero-order valence-corrected chi connectivity index (χ0v) is 12.6. The quantitative estimate of drug-likeness (QED) is 0.607. The van der Waals surface area contributed by atoms with E-state index in [-0.39, 0.29) is 24.6 Å². The lowest BCUT2D eigenvalue weighted by Gasteiger charge is -2.39. The van der Waals surface area contributed by atoms with Gasteiger partial charge >= 0.3 is 5.97 Å². The number of carbonyl (C=O) groups is 2. The third kappa shape index (κ3) is 4.76. The minimum Gasteiger partial charge on any atom is -0.467 e. The molecule has 0 heterocycles. The number of esters is 1. The number of nitrogens with one attached hydrogen (secondary N) is 2. The zero-order valence-electron chi connectivity index (χ0n) is 12.6. The summed E-state index contributed by atoms with van der Waals surface area (Å²) < 4.78 is 4.68. The van der Waals surface area contributed by atoms with Crippen LogP contribution in [0.4, 0.5) is 0 Å². The van der Waals surface area contributed by atoms with E-state index in [9.17, 15) is 14.7 Å². The van der Waals surface area contributed by atoms with E-state index in [0.717, 1.165) is 25.7 Å². The highest BCUT2D eigenvalue weighted by Crippen LogP contribution is 2.31. The molecule has 1 atom stereocenters. The summed E-state index contributed by atoms with van der Waals surface area (Å²) in [4.78, 5) is 22.7. The summed E-state index contributed by atoms with van der Waals surface area (Å²) in [5, 5.41) is 15.5. The van der Waals surface area contributed by atoms with Gasteiger partial charge in [0, 0.05) is 19.0 Å². The summed E-state index contributed by atoms with van der Waals surface area (Å²) in [6, 6.07) is -0.722. The van der Waals surface area contributed by atoms with E-state index in [0.29, 0.717) is 5.92 Å². The molecule has 0 aromatic rings. The second-order valence-corrected chi connectivity index (χ2v) is 5.78. The van der Waals surface area contributed by atoms with Crippen molar-refractivity contribution in [2.45, 2.75) is 51.1 Å². The van der Waals surface area contributed by atoms with Crippen molar-refractivity contribution in [2.24, 2.45) is 5.92 Å². The average molecular weight is 286 g/mol. The van der Waals surface area contributed by atoms with E-state index >= 15 is 0 Å². The maximum Gasteiger partial charge on any atom is 0.329 e. The molecule has 6 nitrogen and oxygen atoms in total. The van der Waals surface area contributed by atoms with Gasteiger partial charge in [0.1, 0.15) is 6.04 Å². The molecule has 1 rings (SSSR count). The van der Waals surface area contributed by atoms with Crippen LogP contribution in [0, 0.1) is 5.92 Å². The van der Waals surface area contributed by atoms with Gasteiger partial charge < -0.3 is 20.5 Å². The van der Waals surface area contributed by atoms with Crippen molar-refractivity contribution in [3.8, 4) is 0 Å². The van der Waals surface area contributed by atoms with Gasteiger partial charge in [-0.25, -0.2) is 4.79 Å². The van der Waals surface area contributed by atoms with Crippen molar-refractivity contribution in [3.63, 3.8) is 0 Å². The second kappa shape index (κ2) is 7.59. The Morgan fingerprint density at radius 1 is 1.40 bits per heavy atom. The Bertz CT molecular complexity index is 338. The van der Waals surface area contributed by atoms with Gasteiger partial charge in [-0.05, 0) is 31.6 Å². The Morgan fingerprint density at radius 2 is 2.00 bits per heavy atom. The molecule has 0 radical (unpaired) electrons. The van der Waals surface area contributed by atoms with Crippen LogP contribution in [-0.2, 0) is 14.3 Å². The zero-order chi connectivity index (χ0) is 15.2. The first-order valence-electron chi connectivity index (χ1n) is 7.13. The first kappa shape index (κ1) is 16.9. The van der Waals surface area contributed by atoms with Crippen LogP contribution in [0.3, 0.4) is 0 Å². The molecule has 0 saturated heterocycles. The third-order valence-corrected chi connectivity index (χ3v) is 4.08. The van der Waals surface area contributed by atoms with Gasteiger partial charge in [0.15, 0.2) is 0 Å². The molecule has 116 valence electrons. The monoisotopic (exact) mass is 286 g/mol. The maximum absolute atomic E-state index is 11.6. The van der Waals surface area contributed by atoms with Crippen molar-refractivity contribution in [3.05, 3.63) is 0 Å². The lowest BCUT2D eigenvalue weighted by Crippen LogP contribution is -2.57. The number of ether oxygens (including phenoxy) is 1. The number of hydrogen-bond donors (Lipinski definition) is 3. The maximum atomic E-state index is 11.6. The number of rotatable bonds is 6. The first-order valence-corrected chi connectivity index (χ1v) is 7.13. The number of aliphatic hydroxyl groups excluding tert-OH is 1. The van der Waals surface area contributed by atoms with Gasteiger partial charge in [-0.15, -0.1) is 0 Å². The largest absolute Gasteiger partial charge is 0.467 e. The molecule has 1 unspecified atom stereocenters. The van der Waals surface area contributed by atoms with Gasteiger partial charge in [-0.3, -0.25) is 4.79 Å². The normalized spacial score (nSPS) is 27.7. The molecule has 1 amide bonds. The fraction of sp³-hybridized carbons (Fsp3) is 0.857. The van der Waals surface area contributed by atoms with Gasteiger partial charge in [-0.1, -0.05) is 6.92 Å². The molecule has 0 aliphatic heterocycles. The second-order valence-electron chi connectivity index (χ2n) is 5.78. The summed E-state index contributed by atoms with van der Waals surface area (Å²) >= 11 is 0. The topological polar surface area (TPSA) is 87.7 Å². The Labute approximate surface area is 120 Å². The SMILES string of the molecule is COC(=O)C(CNC1(CO)CCC(C)CC1)NC(C)=O. The highest BCUT2D eigenvalue weighted by molar-refractivity contribution is 5.83. The first-order chi connectivity index (χ1) is 9.42. The predicted octanol–water partition coefficient (Wildman–Crippen LogP) is 0.195. The van der Waals surface area contributed by atoms with Crippen LogP contribution >= 0.6 is 0 Å². The summed E-state index contributed by atoms with van der Waals surface area (Å²) in [5.74, 6) is -0.0919. The molecule has 1 aliphatic carbocycles. The average Bonchev–Trinajstić information content (AvgIpc) is 2.44. The molecule has 0 bridgehead atoms. The summed E-state index contributed by atoms with van der Waals surface area (Å²) in [6.45, 7) is 3.87. The van der Waals surface area contributed by atoms with Crippen LogP contribution in [0.15, 0.2) is 0 Å². The minimum atomic E-state index is -0.722. The van der Waals surface area contributed by atoms with Gasteiger partial charge in [-0.2, -0.15) is 0 Å². The smallest absolute Gasteiger partial charge is 0.329 e. The summed E-state index contributed by atoms with van der Waals surface area (Å²) in [6.07, 6.45) is 3.85. The molecule has 6 heteroatoms. The van der Waals surface area contributed by atoms with Crippen molar-refractivity contribution >= 4 is 11.9 Å². The molecule has 0 aromatic heterocycles. The van der Waals surface area contributed by atoms with E-state index in [1.54, 1.807) is 0 Å². The highest BCUT2D eigenvalue weighted by atomic mass is 16.5. The Morgan fingerprint density at radius 3 is 2.45 bits per heavy atom. The summed E-state index contributed by atoms with van der Waals surface area (Å²) in [7, 11) is 1.29. The van der Waals surface area contributed by atoms with Crippen LogP contribution in [0.1, 0.15) is 39.5 Å². The number of aliphatic hydroxyl groups is 1. The molecule has 1 fully saturated rings. The van der Waals surface area contributed by atoms with Crippen molar-refractivity contribution in [1.29, 1.82) is 0 Å². The van der Waals surface area contributed by atoms with Crippen molar-refractivity contribution in [1.82, 2.24) is 10.6 Å². The summed E-state index contributed by atoms with van der Waals surface area (Å²) in [5.41, 5.74) is -0.350. The molecule has 1 saturated carbocycles. The number of methoxy groups -OCH3 is 1. The minimum absolute atomic E-state index is 0.0354. The molecule has 3 N–H and O–H groups in total. The Hall–Kier alpha value is -1.14. The van der Waals surface area contributed by atoms with Crippen LogP contribution in [0.5, 0.6) is 0 Å². The number of carbonyl (C=O) groups excluding carboxylic acids is 2. The van der Waals surface area contributed by atoms with E-state index in [1.165, 1.54) is 14.0 Å². The van der Waals surface area contributed by atoms with Crippen molar-refractivity contribution < 1.29 is 19.4 Å². The van der Waals surface area contributed by atoms with E-state index in [1.807, 2.05) is 0 Å². The fourth-order valence-electron chi connectivity index (χ4n) is 2.60. The third-order valence-electron chi connectivity index (χ3n) is 4.08. The highest BCUT2D eigenvalue weighted by Gasteiger charge is 2.34. The molecule has 1 aliphatic rings. The standard InChI is InChI=1S/C14H26N2O4/c1-10-4-6-14(9-17,7-5-10)15-8-12(13(19)20-3)16-11(2)18/h10,12,15,17H,4-9H2,1-3H3,(H,16,18). The molecular formula is C14H26N2O4. The van der Waals surface area contributed by atoms with E-state index in [4.69, 9.17) is 0 Å². The van der Waals surface area contributed by atoms with Gasteiger partial charge in [0.05, 0.1) is 13.7 Å². The fourth-order valence-corrected chi connectivity index (χ4v) is 2.60. The molecule has 20 heavy (non-hydrogen) atoms. The number of hydrogen-bond acceptors (Lipinski definition) is 5. The molecule has 0 aromatic carbocycles. The van der Waals surface area contributed by atoms with Crippen LogP contribution in [0.25, 0.3) is 0 Å². The predicted molar refractivity (Wildman–Crippen MR) is 75.1 cm³/mol.